The number of allylic oxidation sites excluding steroid dienone is 1. The van der Waals surface area contributed by atoms with Crippen LogP contribution in [0.15, 0.2) is 43.0 Å². The first-order valence-electron chi connectivity index (χ1n) is 5.06. The zero-order valence-electron chi connectivity index (χ0n) is 9.15. The SMILES string of the molecule is C=C(CBr)c1cc(-c2ccccc2)nn1C. The van der Waals surface area contributed by atoms with Crippen LogP contribution in [0.25, 0.3) is 16.8 Å². The van der Waals surface area contributed by atoms with Gasteiger partial charge >= 0.3 is 0 Å². The van der Waals surface area contributed by atoms with Gasteiger partial charge in [0.1, 0.15) is 0 Å². The van der Waals surface area contributed by atoms with Crippen molar-refractivity contribution in [2.45, 2.75) is 0 Å². The first-order chi connectivity index (χ1) is 7.72. The molecule has 1 heterocycles. The molecule has 0 fully saturated rings. The number of nitrogens with zero attached hydrogens (tertiary/aromatic N) is 2. The molecule has 1 aromatic heterocycles. The molecule has 0 aliphatic rings. The van der Waals surface area contributed by atoms with Gasteiger partial charge < -0.3 is 0 Å². The van der Waals surface area contributed by atoms with Gasteiger partial charge in [-0.05, 0) is 11.6 Å². The van der Waals surface area contributed by atoms with Crippen molar-refractivity contribution in [3.8, 4) is 11.3 Å². The van der Waals surface area contributed by atoms with Crippen LogP contribution in [-0.4, -0.2) is 15.1 Å². The highest BCUT2D eigenvalue weighted by atomic mass is 79.9. The van der Waals surface area contributed by atoms with E-state index in [1.54, 1.807) is 0 Å². The summed E-state index contributed by atoms with van der Waals surface area (Å²) >= 11 is 3.41. The van der Waals surface area contributed by atoms with Gasteiger partial charge in [0.05, 0.1) is 11.4 Å². The average molecular weight is 277 g/mol. The molecule has 2 aromatic rings. The Bertz CT molecular complexity index is 500. The Morgan fingerprint density at radius 2 is 2.06 bits per heavy atom. The minimum atomic E-state index is 0.765. The highest BCUT2D eigenvalue weighted by Gasteiger charge is 2.08. The highest BCUT2D eigenvalue weighted by molar-refractivity contribution is 9.09. The third kappa shape index (κ3) is 2.09. The van der Waals surface area contributed by atoms with Crippen molar-refractivity contribution < 1.29 is 0 Å². The van der Waals surface area contributed by atoms with E-state index in [0.717, 1.165) is 27.9 Å². The predicted octanol–water partition coefficient (Wildman–Crippen LogP) is 3.50. The van der Waals surface area contributed by atoms with E-state index >= 15 is 0 Å². The van der Waals surface area contributed by atoms with E-state index in [2.05, 4.69) is 45.8 Å². The third-order valence-corrected chi connectivity index (χ3v) is 3.15. The molecule has 0 unspecified atom stereocenters. The maximum absolute atomic E-state index is 4.48. The second-order valence-corrected chi connectivity index (χ2v) is 4.20. The summed E-state index contributed by atoms with van der Waals surface area (Å²) in [5.74, 6) is 0. The Morgan fingerprint density at radius 1 is 1.38 bits per heavy atom. The monoisotopic (exact) mass is 276 g/mol. The lowest BCUT2D eigenvalue weighted by atomic mass is 10.1. The smallest absolute Gasteiger partial charge is 0.0929 e. The van der Waals surface area contributed by atoms with Crippen LogP contribution in [0.3, 0.4) is 0 Å². The Kier molecular flexibility index (Phi) is 3.25. The summed E-state index contributed by atoms with van der Waals surface area (Å²) in [5.41, 5.74) is 4.22. The van der Waals surface area contributed by atoms with Gasteiger partial charge in [-0.3, -0.25) is 4.68 Å². The molecule has 0 bridgehead atoms. The topological polar surface area (TPSA) is 17.8 Å². The van der Waals surface area contributed by atoms with E-state index in [1.165, 1.54) is 0 Å². The summed E-state index contributed by atoms with van der Waals surface area (Å²) in [6, 6.07) is 12.2. The number of benzene rings is 1. The quantitative estimate of drug-likeness (QED) is 0.785. The van der Waals surface area contributed by atoms with Gasteiger partial charge in [0.15, 0.2) is 0 Å². The van der Waals surface area contributed by atoms with Gasteiger partial charge in [0.25, 0.3) is 0 Å². The molecule has 0 aliphatic heterocycles. The summed E-state index contributed by atoms with van der Waals surface area (Å²) < 4.78 is 1.87. The lowest BCUT2D eigenvalue weighted by Crippen LogP contribution is -1.97. The summed E-state index contributed by atoms with van der Waals surface area (Å²) in [6.07, 6.45) is 0. The number of halogens is 1. The van der Waals surface area contributed by atoms with Gasteiger partial charge in [-0.25, -0.2) is 0 Å². The van der Waals surface area contributed by atoms with Crippen LogP contribution in [0.5, 0.6) is 0 Å². The molecule has 3 heteroatoms. The van der Waals surface area contributed by atoms with Crippen molar-refractivity contribution in [1.82, 2.24) is 9.78 Å². The van der Waals surface area contributed by atoms with Crippen LogP contribution in [0.2, 0.25) is 0 Å². The molecule has 2 nitrogen and oxygen atoms in total. The third-order valence-electron chi connectivity index (χ3n) is 2.47. The second-order valence-electron chi connectivity index (χ2n) is 3.64. The Hall–Kier alpha value is -1.35. The maximum atomic E-state index is 4.48. The molecule has 0 aliphatic carbocycles. The van der Waals surface area contributed by atoms with Gasteiger partial charge in [-0.15, -0.1) is 0 Å². The molecule has 82 valence electrons. The van der Waals surface area contributed by atoms with E-state index in [9.17, 15) is 0 Å². The minimum Gasteiger partial charge on any atom is -0.268 e. The average Bonchev–Trinajstić information content (AvgIpc) is 2.71. The van der Waals surface area contributed by atoms with E-state index < -0.39 is 0 Å². The fourth-order valence-corrected chi connectivity index (χ4v) is 1.90. The fraction of sp³-hybridized carbons (Fsp3) is 0.154. The van der Waals surface area contributed by atoms with Crippen LogP contribution in [0.1, 0.15) is 5.69 Å². The van der Waals surface area contributed by atoms with Crippen molar-refractivity contribution in [2.75, 3.05) is 5.33 Å². The molecular formula is C13H13BrN2. The van der Waals surface area contributed by atoms with Crippen molar-refractivity contribution in [3.05, 3.63) is 48.7 Å². The van der Waals surface area contributed by atoms with E-state index in [-0.39, 0.29) is 0 Å². The lowest BCUT2D eigenvalue weighted by Gasteiger charge is -1.99. The van der Waals surface area contributed by atoms with Gasteiger partial charge in [-0.1, -0.05) is 52.8 Å². The molecule has 0 atom stereocenters. The zero-order valence-corrected chi connectivity index (χ0v) is 10.7. The van der Waals surface area contributed by atoms with E-state index in [0.29, 0.717) is 0 Å². The summed E-state index contributed by atoms with van der Waals surface area (Å²) in [5, 5.41) is 5.25. The van der Waals surface area contributed by atoms with Crippen molar-refractivity contribution in [3.63, 3.8) is 0 Å². The van der Waals surface area contributed by atoms with Crippen molar-refractivity contribution in [1.29, 1.82) is 0 Å². The Labute approximate surface area is 104 Å². The van der Waals surface area contributed by atoms with E-state index in [4.69, 9.17) is 0 Å². The predicted molar refractivity (Wildman–Crippen MR) is 71.5 cm³/mol. The first kappa shape index (κ1) is 11.1. The minimum absolute atomic E-state index is 0.765. The summed E-state index contributed by atoms with van der Waals surface area (Å²) in [6.45, 7) is 4.00. The molecule has 0 saturated carbocycles. The summed E-state index contributed by atoms with van der Waals surface area (Å²) in [4.78, 5) is 0. The number of rotatable bonds is 3. The fourth-order valence-electron chi connectivity index (χ4n) is 1.62. The molecule has 0 amide bonds. The molecule has 0 radical (unpaired) electrons. The van der Waals surface area contributed by atoms with E-state index in [1.807, 2.05) is 29.9 Å². The maximum Gasteiger partial charge on any atom is 0.0929 e. The molecular weight excluding hydrogens is 264 g/mol. The number of hydrogen-bond donors (Lipinski definition) is 0. The standard InChI is InChI=1S/C13H13BrN2/c1-10(9-14)13-8-12(15-16(13)2)11-6-4-3-5-7-11/h3-8H,1,9H2,2H3. The first-order valence-corrected chi connectivity index (χ1v) is 6.18. The molecule has 1 aromatic carbocycles. The van der Waals surface area contributed by atoms with Crippen LogP contribution in [0.4, 0.5) is 0 Å². The van der Waals surface area contributed by atoms with Gasteiger partial charge in [0.2, 0.25) is 0 Å². The Morgan fingerprint density at radius 3 is 2.69 bits per heavy atom. The van der Waals surface area contributed by atoms with Crippen LogP contribution in [0, 0.1) is 0 Å². The lowest BCUT2D eigenvalue weighted by molar-refractivity contribution is 0.759. The number of aryl methyl sites for hydroxylation is 1. The second kappa shape index (κ2) is 4.66. The van der Waals surface area contributed by atoms with Crippen LogP contribution in [-0.2, 0) is 7.05 Å². The molecule has 2 rings (SSSR count). The zero-order chi connectivity index (χ0) is 11.5. The highest BCUT2D eigenvalue weighted by Crippen LogP contribution is 2.22. The van der Waals surface area contributed by atoms with Crippen molar-refractivity contribution >= 4 is 21.5 Å². The van der Waals surface area contributed by atoms with Crippen molar-refractivity contribution in [2.24, 2.45) is 7.05 Å². The number of alkyl halides is 1. The van der Waals surface area contributed by atoms with Gasteiger partial charge in [-0.2, -0.15) is 5.10 Å². The number of aromatic nitrogens is 2. The largest absolute Gasteiger partial charge is 0.268 e. The van der Waals surface area contributed by atoms with Crippen LogP contribution < -0.4 is 0 Å². The molecule has 16 heavy (non-hydrogen) atoms. The normalized spacial score (nSPS) is 10.4. The van der Waals surface area contributed by atoms with Crippen LogP contribution >= 0.6 is 15.9 Å². The Balaban J connectivity index is 2.42. The molecule has 0 spiro atoms. The summed E-state index contributed by atoms with van der Waals surface area (Å²) in [7, 11) is 1.94. The number of hydrogen-bond acceptors (Lipinski definition) is 1. The molecule has 0 N–H and O–H groups in total. The molecule has 0 saturated heterocycles. The van der Waals surface area contributed by atoms with Gasteiger partial charge in [0, 0.05) is 17.9 Å².